The van der Waals surface area contributed by atoms with Gasteiger partial charge in [-0.15, -0.1) is 0 Å². The van der Waals surface area contributed by atoms with Crippen LogP contribution in [0.25, 0.3) is 0 Å². The molecule has 0 amide bonds. The van der Waals surface area contributed by atoms with E-state index in [1.54, 1.807) is 0 Å². The van der Waals surface area contributed by atoms with E-state index in [-0.39, 0.29) is 0 Å². The standard InChI is InChI=1S/C17H20.C8H7N.C2H6/c1-12-5-7-16(9-14(12)3)11-17-8-6-13(2)15(4)10-17;1-7-4-2-3-5-8(7)6-9;1-2/h5-10H,11H2,1-4H3;2-5H,1H3;1-2H3. The van der Waals surface area contributed by atoms with E-state index in [0.717, 1.165) is 17.5 Å². The Balaban J connectivity index is 0.000000301. The summed E-state index contributed by atoms with van der Waals surface area (Å²) in [6, 6.07) is 23.1. The molecule has 0 unspecified atom stereocenters. The highest BCUT2D eigenvalue weighted by Crippen LogP contribution is 2.16. The molecule has 0 fully saturated rings. The summed E-state index contributed by atoms with van der Waals surface area (Å²) in [6.45, 7) is 14.6. The van der Waals surface area contributed by atoms with Crippen LogP contribution in [0.15, 0.2) is 60.7 Å². The van der Waals surface area contributed by atoms with Crippen molar-refractivity contribution in [2.75, 3.05) is 0 Å². The lowest BCUT2D eigenvalue weighted by molar-refractivity contribution is 1.15. The molecular formula is C27H33N. The number of nitriles is 1. The van der Waals surface area contributed by atoms with Gasteiger partial charge in [-0.25, -0.2) is 0 Å². The third-order valence-corrected chi connectivity index (χ3v) is 4.82. The molecule has 3 aromatic carbocycles. The predicted molar refractivity (Wildman–Crippen MR) is 122 cm³/mol. The Hall–Kier alpha value is -2.85. The molecule has 0 aliphatic heterocycles. The van der Waals surface area contributed by atoms with Crippen LogP contribution in [-0.4, -0.2) is 0 Å². The molecule has 1 nitrogen and oxygen atoms in total. The molecular weight excluding hydrogens is 338 g/mol. The molecule has 0 aliphatic carbocycles. The molecule has 0 spiro atoms. The Kier molecular flexibility index (Phi) is 9.75. The zero-order valence-corrected chi connectivity index (χ0v) is 18.4. The molecule has 3 aromatic rings. The van der Waals surface area contributed by atoms with E-state index < -0.39 is 0 Å². The molecule has 0 radical (unpaired) electrons. The maximum absolute atomic E-state index is 8.47. The van der Waals surface area contributed by atoms with Gasteiger partial charge in [0.05, 0.1) is 11.6 Å². The van der Waals surface area contributed by atoms with Gasteiger partial charge in [0, 0.05) is 0 Å². The highest BCUT2D eigenvalue weighted by molar-refractivity contribution is 5.37. The van der Waals surface area contributed by atoms with Crippen LogP contribution in [0.1, 0.15) is 58.4 Å². The summed E-state index contributed by atoms with van der Waals surface area (Å²) in [5.74, 6) is 0. The number of nitrogens with zero attached hydrogens (tertiary/aromatic N) is 1. The van der Waals surface area contributed by atoms with Crippen molar-refractivity contribution in [1.29, 1.82) is 5.26 Å². The second kappa shape index (κ2) is 11.8. The molecule has 0 saturated carbocycles. The molecule has 146 valence electrons. The van der Waals surface area contributed by atoms with Crippen LogP contribution in [0.3, 0.4) is 0 Å². The quantitative estimate of drug-likeness (QED) is 0.460. The van der Waals surface area contributed by atoms with E-state index in [1.165, 1.54) is 33.4 Å². The highest BCUT2D eigenvalue weighted by Gasteiger charge is 2.00. The van der Waals surface area contributed by atoms with Crippen LogP contribution in [-0.2, 0) is 6.42 Å². The van der Waals surface area contributed by atoms with Crippen LogP contribution >= 0.6 is 0 Å². The summed E-state index contributed by atoms with van der Waals surface area (Å²) in [7, 11) is 0. The van der Waals surface area contributed by atoms with Gasteiger partial charge in [0.25, 0.3) is 0 Å². The van der Waals surface area contributed by atoms with Crippen molar-refractivity contribution in [2.24, 2.45) is 0 Å². The Labute approximate surface area is 171 Å². The molecule has 0 atom stereocenters. The first kappa shape index (κ1) is 23.2. The van der Waals surface area contributed by atoms with Crippen LogP contribution in [0, 0.1) is 45.9 Å². The normalized spacial score (nSPS) is 9.36. The van der Waals surface area contributed by atoms with Gasteiger partial charge in [0.2, 0.25) is 0 Å². The predicted octanol–water partition coefficient (Wildman–Crippen LogP) is 7.40. The molecule has 0 aliphatic rings. The van der Waals surface area contributed by atoms with Crippen molar-refractivity contribution < 1.29 is 0 Å². The zero-order chi connectivity index (χ0) is 21.1. The summed E-state index contributed by atoms with van der Waals surface area (Å²) in [5, 5.41) is 8.47. The summed E-state index contributed by atoms with van der Waals surface area (Å²) >= 11 is 0. The monoisotopic (exact) mass is 371 g/mol. The Morgan fingerprint density at radius 3 is 1.43 bits per heavy atom. The topological polar surface area (TPSA) is 23.8 Å². The molecule has 0 heterocycles. The van der Waals surface area contributed by atoms with Crippen molar-refractivity contribution in [3.63, 3.8) is 0 Å². The Morgan fingerprint density at radius 1 is 0.607 bits per heavy atom. The van der Waals surface area contributed by atoms with Crippen molar-refractivity contribution in [3.8, 4) is 6.07 Å². The van der Waals surface area contributed by atoms with Gasteiger partial charge in [0.1, 0.15) is 0 Å². The first-order valence-electron chi connectivity index (χ1n) is 9.98. The summed E-state index contributed by atoms with van der Waals surface area (Å²) in [6.07, 6.45) is 1.03. The molecule has 0 aromatic heterocycles. The van der Waals surface area contributed by atoms with Gasteiger partial charge in [0.15, 0.2) is 0 Å². The minimum Gasteiger partial charge on any atom is -0.192 e. The van der Waals surface area contributed by atoms with Crippen LogP contribution in [0.5, 0.6) is 0 Å². The third-order valence-electron chi connectivity index (χ3n) is 4.82. The molecule has 0 saturated heterocycles. The lowest BCUT2D eigenvalue weighted by Crippen LogP contribution is -1.92. The fourth-order valence-electron chi connectivity index (χ4n) is 2.76. The molecule has 0 N–H and O–H groups in total. The fraction of sp³-hybridized carbons (Fsp3) is 0.296. The van der Waals surface area contributed by atoms with Gasteiger partial charge in [-0.05, 0) is 86.1 Å². The largest absolute Gasteiger partial charge is 0.192 e. The van der Waals surface area contributed by atoms with E-state index >= 15 is 0 Å². The second-order valence-corrected chi connectivity index (χ2v) is 6.94. The van der Waals surface area contributed by atoms with Crippen molar-refractivity contribution >= 4 is 0 Å². The Bertz CT molecular complexity index is 880. The summed E-state index contributed by atoms with van der Waals surface area (Å²) in [4.78, 5) is 0. The average Bonchev–Trinajstić information content (AvgIpc) is 2.70. The second-order valence-electron chi connectivity index (χ2n) is 6.94. The van der Waals surface area contributed by atoms with Crippen LogP contribution < -0.4 is 0 Å². The SMILES string of the molecule is CC.Cc1ccc(Cc2ccc(C)c(C)c2)cc1C.Cc1ccccc1C#N. The summed E-state index contributed by atoms with van der Waals surface area (Å²) in [5.41, 5.74) is 10.1. The number of benzene rings is 3. The first-order valence-corrected chi connectivity index (χ1v) is 9.98. The van der Waals surface area contributed by atoms with Crippen LogP contribution in [0.4, 0.5) is 0 Å². The minimum absolute atomic E-state index is 0.762. The number of rotatable bonds is 2. The van der Waals surface area contributed by atoms with Gasteiger partial charge in [-0.3, -0.25) is 0 Å². The molecule has 0 bridgehead atoms. The Morgan fingerprint density at radius 2 is 1.07 bits per heavy atom. The van der Waals surface area contributed by atoms with Gasteiger partial charge < -0.3 is 0 Å². The van der Waals surface area contributed by atoms with Crippen LogP contribution in [0.2, 0.25) is 0 Å². The van der Waals surface area contributed by atoms with Crippen molar-refractivity contribution in [1.82, 2.24) is 0 Å². The molecule has 28 heavy (non-hydrogen) atoms. The lowest BCUT2D eigenvalue weighted by atomic mass is 9.98. The first-order chi connectivity index (χ1) is 13.4. The number of hydrogen-bond acceptors (Lipinski definition) is 1. The fourth-order valence-corrected chi connectivity index (χ4v) is 2.76. The van der Waals surface area contributed by atoms with E-state index in [2.05, 4.69) is 70.2 Å². The lowest BCUT2D eigenvalue weighted by Gasteiger charge is -2.07. The van der Waals surface area contributed by atoms with Crippen molar-refractivity contribution in [3.05, 3.63) is 105 Å². The van der Waals surface area contributed by atoms with Crippen molar-refractivity contribution in [2.45, 2.75) is 54.9 Å². The van der Waals surface area contributed by atoms with Gasteiger partial charge in [-0.2, -0.15) is 5.26 Å². The van der Waals surface area contributed by atoms with E-state index in [1.807, 2.05) is 45.0 Å². The average molecular weight is 372 g/mol. The minimum atomic E-state index is 0.762. The highest BCUT2D eigenvalue weighted by atomic mass is 14.2. The van der Waals surface area contributed by atoms with E-state index in [4.69, 9.17) is 5.26 Å². The number of aryl methyl sites for hydroxylation is 5. The van der Waals surface area contributed by atoms with Gasteiger partial charge >= 0.3 is 0 Å². The molecule has 1 heteroatoms. The maximum atomic E-state index is 8.47. The summed E-state index contributed by atoms with van der Waals surface area (Å²) < 4.78 is 0. The maximum Gasteiger partial charge on any atom is 0.0994 e. The van der Waals surface area contributed by atoms with E-state index in [0.29, 0.717) is 0 Å². The smallest absolute Gasteiger partial charge is 0.0994 e. The number of hydrogen-bond donors (Lipinski definition) is 0. The van der Waals surface area contributed by atoms with E-state index in [9.17, 15) is 0 Å². The third kappa shape index (κ3) is 7.05. The van der Waals surface area contributed by atoms with Gasteiger partial charge in [-0.1, -0.05) is 68.4 Å². The molecule has 3 rings (SSSR count). The zero-order valence-electron chi connectivity index (χ0n) is 18.4.